The van der Waals surface area contributed by atoms with Crippen molar-refractivity contribution in [1.82, 2.24) is 29.5 Å². The van der Waals surface area contributed by atoms with Crippen molar-refractivity contribution in [2.45, 2.75) is 26.2 Å². The lowest BCUT2D eigenvalue weighted by atomic mass is 10.0. The van der Waals surface area contributed by atoms with Crippen molar-refractivity contribution in [3.05, 3.63) is 96.0 Å². The summed E-state index contributed by atoms with van der Waals surface area (Å²) >= 11 is 0. The van der Waals surface area contributed by atoms with E-state index in [0.29, 0.717) is 54.6 Å². The molecular weight excluding hydrogens is 531 g/mol. The minimum absolute atomic E-state index is 0.0278. The van der Waals surface area contributed by atoms with Crippen LogP contribution in [0.15, 0.2) is 73.3 Å². The number of amides is 1. The molecule has 0 atom stereocenters. The normalized spacial score (nSPS) is 13.5. The fourth-order valence-corrected chi connectivity index (χ4v) is 5.15. The smallest absolute Gasteiger partial charge is 0.228 e. The molecule has 0 spiro atoms. The molecule has 1 aromatic carbocycles. The summed E-state index contributed by atoms with van der Waals surface area (Å²) in [5.41, 5.74) is 6.02. The number of halogens is 1. The van der Waals surface area contributed by atoms with Crippen LogP contribution in [0.3, 0.4) is 0 Å². The third kappa shape index (κ3) is 5.41. The van der Waals surface area contributed by atoms with E-state index in [4.69, 9.17) is 9.97 Å². The van der Waals surface area contributed by atoms with Crippen molar-refractivity contribution in [2.24, 2.45) is 0 Å². The summed E-state index contributed by atoms with van der Waals surface area (Å²) in [4.78, 5) is 30.4. The molecule has 10 heteroatoms. The van der Waals surface area contributed by atoms with Crippen molar-refractivity contribution in [2.75, 3.05) is 31.1 Å². The van der Waals surface area contributed by atoms with Crippen LogP contribution in [0.25, 0.3) is 28.0 Å². The first-order valence-electron chi connectivity index (χ1n) is 13.9. The Morgan fingerprint density at radius 1 is 0.952 bits per heavy atom. The molecule has 1 aliphatic heterocycles. The van der Waals surface area contributed by atoms with Gasteiger partial charge in [0.15, 0.2) is 0 Å². The fourth-order valence-electron chi connectivity index (χ4n) is 5.15. The highest BCUT2D eigenvalue weighted by Gasteiger charge is 2.23. The molecule has 0 radical (unpaired) electrons. The molecule has 1 aliphatic rings. The molecule has 0 bridgehead atoms. The first kappa shape index (κ1) is 27.0. The first-order chi connectivity index (χ1) is 20.4. The van der Waals surface area contributed by atoms with Crippen LogP contribution in [0, 0.1) is 17.1 Å². The second-order valence-corrected chi connectivity index (χ2v) is 10.6. The van der Waals surface area contributed by atoms with E-state index in [-0.39, 0.29) is 12.3 Å². The maximum atomic E-state index is 13.1. The molecule has 6 rings (SSSR count). The van der Waals surface area contributed by atoms with Crippen molar-refractivity contribution >= 4 is 17.2 Å². The molecule has 1 amide bonds. The predicted molar refractivity (Wildman–Crippen MR) is 157 cm³/mol. The number of fused-ring (bicyclic) bond motifs is 1. The summed E-state index contributed by atoms with van der Waals surface area (Å²) in [7, 11) is 0. The summed E-state index contributed by atoms with van der Waals surface area (Å²) in [5.74, 6) is 0.788. The lowest BCUT2D eigenvalue weighted by Crippen LogP contribution is -2.49. The van der Waals surface area contributed by atoms with Crippen LogP contribution in [0.4, 0.5) is 10.2 Å². The molecule has 0 N–H and O–H groups in total. The molecule has 0 unspecified atom stereocenters. The second-order valence-electron chi connectivity index (χ2n) is 10.6. The zero-order valence-corrected chi connectivity index (χ0v) is 23.4. The van der Waals surface area contributed by atoms with Crippen LogP contribution >= 0.6 is 0 Å². The summed E-state index contributed by atoms with van der Waals surface area (Å²) < 4.78 is 14.8. The molecule has 0 saturated carbocycles. The van der Waals surface area contributed by atoms with Crippen LogP contribution in [-0.2, 0) is 11.2 Å². The Hall–Kier alpha value is -5.17. The zero-order valence-electron chi connectivity index (χ0n) is 23.4. The Balaban J connectivity index is 1.21. The number of hydrogen-bond donors (Lipinski definition) is 0. The van der Waals surface area contributed by atoms with Gasteiger partial charge in [-0.3, -0.25) is 9.78 Å². The molecule has 9 nitrogen and oxygen atoms in total. The van der Waals surface area contributed by atoms with E-state index >= 15 is 0 Å². The minimum Gasteiger partial charge on any atom is -0.353 e. The topological polar surface area (TPSA) is 103 Å². The summed E-state index contributed by atoms with van der Waals surface area (Å²) in [6.07, 6.45) is 6.45. The Morgan fingerprint density at radius 2 is 1.71 bits per heavy atom. The summed E-state index contributed by atoms with van der Waals surface area (Å²) in [5, 5.41) is 14.2. The van der Waals surface area contributed by atoms with Gasteiger partial charge in [0.1, 0.15) is 28.8 Å². The molecular formula is C32H29FN8O. The van der Waals surface area contributed by atoms with Crippen LogP contribution in [0.5, 0.6) is 0 Å². The van der Waals surface area contributed by atoms with Gasteiger partial charge in [-0.2, -0.15) is 10.4 Å². The van der Waals surface area contributed by atoms with Crippen LogP contribution in [0.2, 0.25) is 0 Å². The third-order valence-corrected chi connectivity index (χ3v) is 7.59. The number of aromatic nitrogens is 5. The maximum absolute atomic E-state index is 13.1. The molecule has 5 heterocycles. The van der Waals surface area contributed by atoms with E-state index in [0.717, 1.165) is 28.8 Å². The van der Waals surface area contributed by atoms with Gasteiger partial charge in [-0.15, -0.1) is 0 Å². The number of pyridine rings is 2. The average Bonchev–Trinajstić information content (AvgIpc) is 3.45. The Kier molecular flexibility index (Phi) is 7.32. The van der Waals surface area contributed by atoms with E-state index in [2.05, 4.69) is 59.2 Å². The number of piperazine rings is 1. The Morgan fingerprint density at radius 3 is 2.36 bits per heavy atom. The third-order valence-electron chi connectivity index (χ3n) is 7.59. The molecule has 1 saturated heterocycles. The van der Waals surface area contributed by atoms with E-state index < -0.39 is 5.82 Å². The zero-order chi connectivity index (χ0) is 29.2. The molecule has 1 fully saturated rings. The Bertz CT molecular complexity index is 1770. The number of benzene rings is 1. The first-order valence-corrected chi connectivity index (χ1v) is 13.9. The lowest BCUT2D eigenvalue weighted by Gasteiger charge is -2.35. The van der Waals surface area contributed by atoms with Crippen molar-refractivity contribution < 1.29 is 9.18 Å². The number of rotatable bonds is 6. The maximum Gasteiger partial charge on any atom is 0.228 e. The quantitative estimate of drug-likeness (QED) is 0.292. The van der Waals surface area contributed by atoms with E-state index in [1.165, 1.54) is 11.6 Å². The van der Waals surface area contributed by atoms with Crippen molar-refractivity contribution in [1.29, 1.82) is 5.26 Å². The number of nitriles is 1. The number of hydrogen-bond acceptors (Lipinski definition) is 7. The number of nitrogens with zero attached hydrogens (tertiary/aromatic N) is 8. The SMILES string of the molecule is CC(C)c1ccc(-c2cn3ncc(C#N)c3c(-c3ccc(N4CCN(C(=O)Cc5ccc(F)cn5)CC4)nc3)n2)cc1. The van der Waals surface area contributed by atoms with Crippen LogP contribution in [-0.4, -0.2) is 61.6 Å². The summed E-state index contributed by atoms with van der Waals surface area (Å²) in [6.45, 7) is 6.72. The van der Waals surface area contributed by atoms with Crippen LogP contribution < -0.4 is 4.90 Å². The lowest BCUT2D eigenvalue weighted by molar-refractivity contribution is -0.130. The molecule has 42 heavy (non-hydrogen) atoms. The van der Waals surface area contributed by atoms with Gasteiger partial charge in [0.25, 0.3) is 0 Å². The summed E-state index contributed by atoms with van der Waals surface area (Å²) in [6, 6.07) is 17.3. The largest absolute Gasteiger partial charge is 0.353 e. The van der Waals surface area contributed by atoms with Gasteiger partial charge < -0.3 is 9.80 Å². The van der Waals surface area contributed by atoms with Crippen molar-refractivity contribution in [3.8, 4) is 28.6 Å². The highest BCUT2D eigenvalue weighted by Crippen LogP contribution is 2.30. The highest BCUT2D eigenvalue weighted by atomic mass is 19.1. The standard InChI is InChI=1S/C32H29FN8O/c1-21(2)22-3-5-23(6-4-22)28-20-41-32(25(16-34)18-37-41)31(38-28)24-7-10-29(36-17-24)39-11-13-40(14-12-39)30(42)15-27-9-8-26(33)19-35-27/h3-10,17-21H,11-15H2,1-2H3. The monoisotopic (exact) mass is 560 g/mol. The van der Waals surface area contributed by atoms with Gasteiger partial charge in [-0.1, -0.05) is 38.1 Å². The van der Waals surface area contributed by atoms with Gasteiger partial charge in [-0.25, -0.2) is 18.9 Å². The number of carbonyl (C=O) groups is 1. The predicted octanol–water partition coefficient (Wildman–Crippen LogP) is 4.88. The van der Waals surface area contributed by atoms with Crippen LogP contribution in [0.1, 0.15) is 36.6 Å². The molecule has 4 aromatic heterocycles. The minimum atomic E-state index is -0.418. The van der Waals surface area contributed by atoms with Crippen molar-refractivity contribution in [3.63, 3.8) is 0 Å². The number of carbonyl (C=O) groups excluding carboxylic acids is 1. The van der Waals surface area contributed by atoms with Gasteiger partial charge >= 0.3 is 0 Å². The van der Waals surface area contributed by atoms with E-state index in [1.807, 2.05) is 18.3 Å². The van der Waals surface area contributed by atoms with Gasteiger partial charge in [0.2, 0.25) is 5.91 Å². The Labute approximate surface area is 242 Å². The van der Waals surface area contributed by atoms with E-state index in [9.17, 15) is 14.4 Å². The molecule has 210 valence electrons. The molecule has 5 aromatic rings. The number of anilines is 1. The highest BCUT2D eigenvalue weighted by molar-refractivity contribution is 5.83. The fraction of sp³-hybridized carbons (Fsp3) is 0.250. The van der Waals surface area contributed by atoms with E-state index in [1.54, 1.807) is 27.9 Å². The second kappa shape index (κ2) is 11.4. The van der Waals surface area contributed by atoms with Gasteiger partial charge in [0.05, 0.1) is 36.4 Å². The van der Waals surface area contributed by atoms with Gasteiger partial charge in [-0.05, 0) is 35.7 Å². The average molecular weight is 561 g/mol. The van der Waals surface area contributed by atoms with Gasteiger partial charge in [0, 0.05) is 49.2 Å². The molecule has 0 aliphatic carbocycles.